The maximum atomic E-state index is 9.79. The fourth-order valence-electron chi connectivity index (χ4n) is 3.87. The SMILES string of the molecule is CCC[C@@H](C)c1c(-c2ccccc2)ncn1C1CCC(O)CC1. The van der Waals surface area contributed by atoms with Gasteiger partial charge in [-0.05, 0) is 38.0 Å². The van der Waals surface area contributed by atoms with Crippen LogP contribution in [0.3, 0.4) is 0 Å². The molecule has 3 rings (SSSR count). The Morgan fingerprint density at radius 1 is 1.17 bits per heavy atom. The minimum Gasteiger partial charge on any atom is -0.393 e. The Labute approximate surface area is 139 Å². The molecule has 1 aliphatic rings. The summed E-state index contributed by atoms with van der Waals surface area (Å²) in [6.07, 6.45) is 8.21. The van der Waals surface area contributed by atoms with E-state index in [1.807, 2.05) is 6.33 Å². The fraction of sp³-hybridized carbons (Fsp3) is 0.550. The van der Waals surface area contributed by atoms with Gasteiger partial charge in [0.2, 0.25) is 0 Å². The Bertz CT molecular complexity index is 612. The van der Waals surface area contributed by atoms with Crippen molar-refractivity contribution in [1.29, 1.82) is 0 Å². The molecule has 0 saturated heterocycles. The lowest BCUT2D eigenvalue weighted by Gasteiger charge is -2.29. The molecule has 1 aromatic heterocycles. The Hall–Kier alpha value is -1.61. The highest BCUT2D eigenvalue weighted by molar-refractivity contribution is 5.62. The largest absolute Gasteiger partial charge is 0.393 e. The summed E-state index contributed by atoms with van der Waals surface area (Å²) in [5, 5.41) is 9.79. The Morgan fingerprint density at radius 2 is 1.87 bits per heavy atom. The van der Waals surface area contributed by atoms with Crippen LogP contribution in [0.2, 0.25) is 0 Å². The molecule has 1 heterocycles. The highest BCUT2D eigenvalue weighted by Crippen LogP contribution is 2.37. The second-order valence-electron chi connectivity index (χ2n) is 6.90. The first-order valence-electron chi connectivity index (χ1n) is 9.01. The van der Waals surface area contributed by atoms with Crippen LogP contribution in [0.5, 0.6) is 0 Å². The van der Waals surface area contributed by atoms with Crippen LogP contribution in [0.4, 0.5) is 0 Å². The van der Waals surface area contributed by atoms with Crippen molar-refractivity contribution in [2.75, 3.05) is 0 Å². The van der Waals surface area contributed by atoms with Gasteiger partial charge in [-0.2, -0.15) is 0 Å². The molecule has 0 spiro atoms. The molecule has 0 amide bonds. The molecule has 1 N–H and O–H groups in total. The number of hydrogen-bond acceptors (Lipinski definition) is 2. The molecule has 1 atom stereocenters. The quantitative estimate of drug-likeness (QED) is 0.850. The van der Waals surface area contributed by atoms with Crippen LogP contribution >= 0.6 is 0 Å². The van der Waals surface area contributed by atoms with Crippen LogP contribution in [-0.2, 0) is 0 Å². The molecular formula is C20H28N2O. The molecule has 23 heavy (non-hydrogen) atoms. The predicted molar refractivity (Wildman–Crippen MR) is 94.5 cm³/mol. The number of imidazole rings is 1. The second kappa shape index (κ2) is 7.31. The van der Waals surface area contributed by atoms with Crippen molar-refractivity contribution in [1.82, 2.24) is 9.55 Å². The third kappa shape index (κ3) is 3.50. The van der Waals surface area contributed by atoms with Gasteiger partial charge < -0.3 is 9.67 Å². The summed E-state index contributed by atoms with van der Waals surface area (Å²) in [5.74, 6) is 0.504. The Morgan fingerprint density at radius 3 is 2.52 bits per heavy atom. The molecular weight excluding hydrogens is 284 g/mol. The summed E-state index contributed by atoms with van der Waals surface area (Å²) < 4.78 is 2.41. The molecule has 1 saturated carbocycles. The van der Waals surface area contributed by atoms with Gasteiger partial charge in [-0.25, -0.2) is 4.98 Å². The van der Waals surface area contributed by atoms with Gasteiger partial charge in [0.05, 0.1) is 18.1 Å². The van der Waals surface area contributed by atoms with Gasteiger partial charge in [0, 0.05) is 17.3 Å². The van der Waals surface area contributed by atoms with E-state index in [1.54, 1.807) is 0 Å². The lowest BCUT2D eigenvalue weighted by atomic mass is 9.91. The first-order valence-corrected chi connectivity index (χ1v) is 9.01. The number of benzene rings is 1. The standard InChI is InChI=1S/C20H28N2O/c1-3-7-15(2)20-19(16-8-5-4-6-9-16)21-14-22(20)17-10-12-18(23)13-11-17/h4-6,8-9,14-15,17-18,23H,3,7,10-13H2,1-2H3/t15-,17?,18?/m1/s1. The van der Waals surface area contributed by atoms with Crippen LogP contribution in [0.25, 0.3) is 11.3 Å². The van der Waals surface area contributed by atoms with E-state index in [1.165, 1.54) is 24.1 Å². The van der Waals surface area contributed by atoms with Crippen molar-refractivity contribution in [2.24, 2.45) is 0 Å². The van der Waals surface area contributed by atoms with Crippen LogP contribution in [0, 0.1) is 0 Å². The summed E-state index contributed by atoms with van der Waals surface area (Å²) in [5.41, 5.74) is 3.72. The van der Waals surface area contributed by atoms with Gasteiger partial charge in [0.25, 0.3) is 0 Å². The number of aliphatic hydroxyl groups excluding tert-OH is 1. The average molecular weight is 312 g/mol. The normalized spacial score (nSPS) is 22.9. The van der Waals surface area contributed by atoms with Gasteiger partial charge in [0.1, 0.15) is 0 Å². The molecule has 3 nitrogen and oxygen atoms in total. The van der Waals surface area contributed by atoms with E-state index >= 15 is 0 Å². The third-order valence-electron chi connectivity index (χ3n) is 5.13. The fourth-order valence-corrected chi connectivity index (χ4v) is 3.87. The average Bonchev–Trinajstić information content (AvgIpc) is 3.01. The first kappa shape index (κ1) is 16.3. The smallest absolute Gasteiger partial charge is 0.0958 e. The number of hydrogen-bond donors (Lipinski definition) is 1. The number of aromatic nitrogens is 2. The number of aliphatic hydroxyl groups is 1. The first-order chi connectivity index (χ1) is 11.2. The van der Waals surface area contributed by atoms with E-state index in [0.29, 0.717) is 12.0 Å². The molecule has 124 valence electrons. The van der Waals surface area contributed by atoms with Crippen molar-refractivity contribution < 1.29 is 5.11 Å². The maximum absolute atomic E-state index is 9.79. The number of rotatable bonds is 5. The highest BCUT2D eigenvalue weighted by atomic mass is 16.3. The molecule has 1 aliphatic carbocycles. The Kier molecular flexibility index (Phi) is 5.16. The van der Waals surface area contributed by atoms with Crippen LogP contribution in [0.15, 0.2) is 36.7 Å². The van der Waals surface area contributed by atoms with Crippen LogP contribution in [0.1, 0.15) is 70.0 Å². The summed E-state index contributed by atoms with van der Waals surface area (Å²) in [6, 6.07) is 11.0. The molecule has 0 aliphatic heterocycles. The van der Waals surface area contributed by atoms with E-state index in [0.717, 1.165) is 31.4 Å². The van der Waals surface area contributed by atoms with E-state index in [-0.39, 0.29) is 6.10 Å². The zero-order valence-corrected chi connectivity index (χ0v) is 14.3. The van der Waals surface area contributed by atoms with E-state index in [4.69, 9.17) is 4.98 Å². The lowest BCUT2D eigenvalue weighted by molar-refractivity contribution is 0.110. The van der Waals surface area contributed by atoms with E-state index in [9.17, 15) is 5.11 Å². The van der Waals surface area contributed by atoms with Gasteiger partial charge in [-0.15, -0.1) is 0 Å². The van der Waals surface area contributed by atoms with Gasteiger partial charge in [-0.1, -0.05) is 50.6 Å². The van der Waals surface area contributed by atoms with Crippen molar-refractivity contribution >= 4 is 0 Å². The van der Waals surface area contributed by atoms with Crippen molar-refractivity contribution in [2.45, 2.75) is 70.4 Å². The monoisotopic (exact) mass is 312 g/mol. The maximum Gasteiger partial charge on any atom is 0.0958 e. The summed E-state index contributed by atoms with van der Waals surface area (Å²) in [6.45, 7) is 4.57. The molecule has 1 aromatic carbocycles. The Balaban J connectivity index is 1.98. The molecule has 1 fully saturated rings. The van der Waals surface area contributed by atoms with Gasteiger partial charge >= 0.3 is 0 Å². The zero-order valence-electron chi connectivity index (χ0n) is 14.3. The molecule has 0 bridgehead atoms. The van der Waals surface area contributed by atoms with Crippen molar-refractivity contribution in [3.8, 4) is 11.3 Å². The van der Waals surface area contributed by atoms with E-state index < -0.39 is 0 Å². The van der Waals surface area contributed by atoms with E-state index in [2.05, 4.69) is 48.7 Å². The second-order valence-corrected chi connectivity index (χ2v) is 6.90. The summed E-state index contributed by atoms with van der Waals surface area (Å²) >= 11 is 0. The van der Waals surface area contributed by atoms with Gasteiger partial charge in [-0.3, -0.25) is 0 Å². The number of nitrogens with zero attached hydrogens (tertiary/aromatic N) is 2. The van der Waals surface area contributed by atoms with Crippen LogP contribution in [-0.4, -0.2) is 20.8 Å². The summed E-state index contributed by atoms with van der Waals surface area (Å²) in [4.78, 5) is 4.78. The lowest BCUT2D eigenvalue weighted by Crippen LogP contribution is -2.22. The van der Waals surface area contributed by atoms with Crippen LogP contribution < -0.4 is 0 Å². The van der Waals surface area contributed by atoms with Crippen molar-refractivity contribution in [3.63, 3.8) is 0 Å². The topological polar surface area (TPSA) is 38.0 Å². The predicted octanol–water partition coefficient (Wildman–Crippen LogP) is 4.93. The van der Waals surface area contributed by atoms with Gasteiger partial charge in [0.15, 0.2) is 0 Å². The zero-order chi connectivity index (χ0) is 16.2. The molecule has 0 radical (unpaired) electrons. The minimum absolute atomic E-state index is 0.111. The molecule has 2 aromatic rings. The third-order valence-corrected chi connectivity index (χ3v) is 5.13. The van der Waals surface area contributed by atoms with Crippen molar-refractivity contribution in [3.05, 3.63) is 42.4 Å². The highest BCUT2D eigenvalue weighted by Gasteiger charge is 2.26. The molecule has 3 heteroatoms. The minimum atomic E-state index is -0.111. The molecule has 0 unspecified atom stereocenters. The summed E-state index contributed by atoms with van der Waals surface area (Å²) in [7, 11) is 0.